The van der Waals surface area contributed by atoms with Crippen molar-refractivity contribution in [2.45, 2.75) is 13.0 Å². The van der Waals surface area contributed by atoms with Crippen LogP contribution in [-0.2, 0) is 0 Å². The van der Waals surface area contributed by atoms with E-state index < -0.39 is 11.4 Å². The summed E-state index contributed by atoms with van der Waals surface area (Å²) in [6.07, 6.45) is 3.29. The minimum atomic E-state index is -0.547. The summed E-state index contributed by atoms with van der Waals surface area (Å²) in [7, 11) is 0. The van der Waals surface area contributed by atoms with Gasteiger partial charge in [0, 0.05) is 43.5 Å². The SMILES string of the molecule is CC1CNCCN1c1ccc2cc(-c3cn4cccc(F)c4n3)c(=O)oc2n1. The Balaban J connectivity index is 1.59. The quantitative estimate of drug-likeness (QED) is 0.577. The van der Waals surface area contributed by atoms with Crippen LogP contribution in [0.3, 0.4) is 0 Å². The van der Waals surface area contributed by atoms with Crippen molar-refractivity contribution in [1.29, 1.82) is 0 Å². The number of aromatic nitrogens is 3. The summed E-state index contributed by atoms with van der Waals surface area (Å²) in [6, 6.07) is 8.72. The molecule has 142 valence electrons. The monoisotopic (exact) mass is 379 g/mol. The number of piperazine rings is 1. The van der Waals surface area contributed by atoms with E-state index in [-0.39, 0.29) is 16.9 Å². The van der Waals surface area contributed by atoms with Gasteiger partial charge in [-0.25, -0.2) is 14.2 Å². The summed E-state index contributed by atoms with van der Waals surface area (Å²) in [5.74, 6) is 0.336. The first-order chi connectivity index (χ1) is 13.6. The summed E-state index contributed by atoms with van der Waals surface area (Å²) in [4.78, 5) is 23.6. The number of fused-ring (bicyclic) bond motifs is 2. The molecule has 0 saturated carbocycles. The molecule has 1 N–H and O–H groups in total. The lowest BCUT2D eigenvalue weighted by molar-refractivity contribution is 0.495. The highest BCUT2D eigenvalue weighted by atomic mass is 19.1. The Kier molecular flexibility index (Phi) is 3.87. The molecule has 5 rings (SSSR count). The minimum Gasteiger partial charge on any atom is -0.403 e. The number of halogens is 1. The van der Waals surface area contributed by atoms with Crippen LogP contribution in [0.1, 0.15) is 6.92 Å². The van der Waals surface area contributed by atoms with Gasteiger partial charge in [-0.2, -0.15) is 4.98 Å². The first-order valence-corrected chi connectivity index (χ1v) is 9.16. The molecule has 28 heavy (non-hydrogen) atoms. The molecule has 0 amide bonds. The molecule has 1 aliphatic heterocycles. The van der Waals surface area contributed by atoms with Gasteiger partial charge in [0.2, 0.25) is 5.71 Å². The molecule has 0 bridgehead atoms. The predicted molar refractivity (Wildman–Crippen MR) is 104 cm³/mol. The largest absolute Gasteiger partial charge is 0.403 e. The molecule has 1 atom stereocenters. The first-order valence-electron chi connectivity index (χ1n) is 9.16. The molecule has 1 unspecified atom stereocenters. The van der Waals surface area contributed by atoms with Crippen LogP contribution in [0.25, 0.3) is 28.0 Å². The first kappa shape index (κ1) is 16.9. The van der Waals surface area contributed by atoms with Crippen LogP contribution in [0.5, 0.6) is 0 Å². The zero-order valence-corrected chi connectivity index (χ0v) is 15.2. The van der Waals surface area contributed by atoms with Gasteiger partial charge in [-0.05, 0) is 37.3 Å². The van der Waals surface area contributed by atoms with Crippen molar-refractivity contribution in [3.63, 3.8) is 0 Å². The Morgan fingerprint density at radius 3 is 3.00 bits per heavy atom. The van der Waals surface area contributed by atoms with E-state index in [1.165, 1.54) is 6.07 Å². The van der Waals surface area contributed by atoms with Gasteiger partial charge in [-0.15, -0.1) is 0 Å². The van der Waals surface area contributed by atoms with Gasteiger partial charge in [0.05, 0.1) is 11.3 Å². The Bertz CT molecular complexity index is 1250. The molecule has 0 aromatic carbocycles. The number of hydrogen-bond donors (Lipinski definition) is 1. The van der Waals surface area contributed by atoms with Crippen molar-refractivity contribution in [1.82, 2.24) is 19.7 Å². The maximum Gasteiger partial charge on any atom is 0.347 e. The second kappa shape index (κ2) is 6.42. The molecule has 0 radical (unpaired) electrons. The fourth-order valence-corrected chi connectivity index (χ4v) is 3.62. The maximum atomic E-state index is 13.9. The number of pyridine rings is 2. The minimum absolute atomic E-state index is 0.165. The standard InChI is InChI=1S/C20H18FN5O2/c1-12-10-22-6-8-26(12)17-5-4-13-9-14(20(27)28-19(13)24-17)16-11-25-7-2-3-15(21)18(25)23-16/h2-5,7,9,11-12,22H,6,8,10H2,1H3. The van der Waals surface area contributed by atoms with Crippen LogP contribution in [0.4, 0.5) is 10.2 Å². The van der Waals surface area contributed by atoms with Crippen LogP contribution in [0, 0.1) is 5.82 Å². The molecule has 4 aromatic rings. The summed E-state index contributed by atoms with van der Waals surface area (Å²) < 4.78 is 20.9. The zero-order chi connectivity index (χ0) is 19.3. The molecule has 4 aromatic heterocycles. The van der Waals surface area contributed by atoms with Crippen LogP contribution in [0.2, 0.25) is 0 Å². The second-order valence-corrected chi connectivity index (χ2v) is 6.97. The third kappa shape index (κ3) is 2.73. The van der Waals surface area contributed by atoms with Crippen molar-refractivity contribution in [2.24, 2.45) is 0 Å². The van der Waals surface area contributed by atoms with Crippen molar-refractivity contribution >= 4 is 22.6 Å². The second-order valence-electron chi connectivity index (χ2n) is 6.97. The summed E-state index contributed by atoms with van der Waals surface area (Å²) >= 11 is 0. The molecule has 1 fully saturated rings. The van der Waals surface area contributed by atoms with E-state index in [9.17, 15) is 9.18 Å². The topological polar surface area (TPSA) is 75.7 Å². The Morgan fingerprint density at radius 1 is 1.29 bits per heavy atom. The lowest BCUT2D eigenvalue weighted by atomic mass is 10.1. The van der Waals surface area contributed by atoms with Crippen molar-refractivity contribution in [3.8, 4) is 11.3 Å². The van der Waals surface area contributed by atoms with Crippen LogP contribution in [0.15, 0.2) is 51.9 Å². The fraction of sp³-hybridized carbons (Fsp3) is 0.250. The smallest absolute Gasteiger partial charge is 0.347 e. The van der Waals surface area contributed by atoms with Gasteiger partial charge in [-0.1, -0.05) is 0 Å². The lowest BCUT2D eigenvalue weighted by Gasteiger charge is -2.34. The highest BCUT2D eigenvalue weighted by Crippen LogP contribution is 2.24. The van der Waals surface area contributed by atoms with E-state index in [1.807, 2.05) is 12.1 Å². The van der Waals surface area contributed by atoms with E-state index >= 15 is 0 Å². The molecule has 7 nitrogen and oxygen atoms in total. The molecule has 5 heterocycles. The molecule has 0 aliphatic carbocycles. The van der Waals surface area contributed by atoms with Gasteiger partial charge in [-0.3, -0.25) is 0 Å². The molecule has 8 heteroatoms. The Morgan fingerprint density at radius 2 is 2.18 bits per heavy atom. The fourth-order valence-electron chi connectivity index (χ4n) is 3.62. The number of imidazole rings is 1. The van der Waals surface area contributed by atoms with E-state index in [4.69, 9.17) is 4.42 Å². The normalized spacial score (nSPS) is 17.5. The van der Waals surface area contributed by atoms with Gasteiger partial charge < -0.3 is 19.0 Å². The van der Waals surface area contributed by atoms with Crippen LogP contribution >= 0.6 is 0 Å². The van der Waals surface area contributed by atoms with Gasteiger partial charge >= 0.3 is 5.63 Å². The number of nitrogens with zero attached hydrogens (tertiary/aromatic N) is 4. The van der Waals surface area contributed by atoms with E-state index in [2.05, 4.69) is 27.1 Å². The van der Waals surface area contributed by atoms with E-state index in [1.54, 1.807) is 28.9 Å². The summed E-state index contributed by atoms with van der Waals surface area (Å²) in [5, 5.41) is 4.04. The van der Waals surface area contributed by atoms with Gasteiger partial charge in [0.25, 0.3) is 0 Å². The third-order valence-electron chi connectivity index (χ3n) is 5.09. The van der Waals surface area contributed by atoms with Crippen molar-refractivity contribution in [3.05, 3.63) is 59.0 Å². The highest BCUT2D eigenvalue weighted by molar-refractivity contribution is 5.80. The molecule has 0 spiro atoms. The number of anilines is 1. The van der Waals surface area contributed by atoms with E-state index in [0.29, 0.717) is 17.1 Å². The van der Waals surface area contributed by atoms with Crippen molar-refractivity contribution in [2.75, 3.05) is 24.5 Å². The molecular formula is C20H18FN5O2. The average Bonchev–Trinajstić information content (AvgIpc) is 3.13. The van der Waals surface area contributed by atoms with Gasteiger partial charge in [0.15, 0.2) is 11.5 Å². The average molecular weight is 379 g/mol. The zero-order valence-electron chi connectivity index (χ0n) is 15.2. The Labute approximate surface area is 159 Å². The summed E-state index contributed by atoms with van der Waals surface area (Å²) in [6.45, 7) is 4.74. The Hall–Kier alpha value is -3.26. The third-order valence-corrected chi connectivity index (χ3v) is 5.09. The van der Waals surface area contributed by atoms with Crippen LogP contribution in [-0.4, -0.2) is 40.0 Å². The highest BCUT2D eigenvalue weighted by Gasteiger charge is 2.20. The predicted octanol–water partition coefficient (Wildman–Crippen LogP) is 2.44. The van der Waals surface area contributed by atoms with Crippen molar-refractivity contribution < 1.29 is 8.81 Å². The molecular weight excluding hydrogens is 361 g/mol. The number of nitrogens with one attached hydrogen (secondary N) is 1. The lowest BCUT2D eigenvalue weighted by Crippen LogP contribution is -2.50. The number of rotatable bonds is 2. The van der Waals surface area contributed by atoms with Crippen LogP contribution < -0.4 is 15.8 Å². The molecule has 1 saturated heterocycles. The molecule has 1 aliphatic rings. The summed E-state index contributed by atoms with van der Waals surface area (Å²) in [5.41, 5.74) is 0.542. The van der Waals surface area contributed by atoms with E-state index in [0.717, 1.165) is 25.5 Å². The number of hydrogen-bond acceptors (Lipinski definition) is 6. The maximum absolute atomic E-state index is 13.9. The van der Waals surface area contributed by atoms with Gasteiger partial charge in [0.1, 0.15) is 5.82 Å².